The van der Waals surface area contributed by atoms with Crippen molar-refractivity contribution in [2.45, 2.75) is 32.9 Å². The zero-order valence-corrected chi connectivity index (χ0v) is 12.8. The zero-order chi connectivity index (χ0) is 16.1. The van der Waals surface area contributed by atoms with Crippen molar-refractivity contribution in [2.24, 2.45) is 0 Å². The minimum Gasteiger partial charge on any atom is -0.507 e. The van der Waals surface area contributed by atoms with Gasteiger partial charge in [-0.15, -0.1) is 0 Å². The Morgan fingerprint density at radius 2 is 2.09 bits per heavy atom. The fraction of sp³-hybridized carbons (Fsp3) is 0.353. The molecule has 0 fully saturated rings. The molecular formula is C17H21NO4. The van der Waals surface area contributed by atoms with E-state index in [0.29, 0.717) is 17.7 Å². The molecule has 2 aromatic rings. The average Bonchev–Trinajstić information content (AvgIpc) is 3.02. The van der Waals surface area contributed by atoms with E-state index < -0.39 is 0 Å². The van der Waals surface area contributed by atoms with Crippen molar-refractivity contribution in [2.75, 3.05) is 6.61 Å². The fourth-order valence-corrected chi connectivity index (χ4v) is 2.37. The lowest BCUT2D eigenvalue weighted by molar-refractivity contribution is 0.0542. The molecule has 5 heteroatoms. The standard InChI is InChI=1S/C17H21NO4/c1-3-13(11-19)18(10-14-7-5-9-22-14)17(21)15-8-4-6-12(2)16(15)20/h4-9,13,19-20H,3,10-11H2,1-2H3/t13-/m0/s1. The van der Waals surface area contributed by atoms with Gasteiger partial charge in [0.05, 0.1) is 31.0 Å². The molecule has 0 saturated heterocycles. The first kappa shape index (κ1) is 16.1. The van der Waals surface area contributed by atoms with Crippen LogP contribution in [0.15, 0.2) is 41.0 Å². The second kappa shape index (κ2) is 7.13. The monoisotopic (exact) mass is 303 g/mol. The summed E-state index contributed by atoms with van der Waals surface area (Å²) in [5.41, 5.74) is 0.874. The van der Waals surface area contributed by atoms with E-state index in [1.165, 1.54) is 4.90 Å². The molecule has 1 aromatic heterocycles. The lowest BCUT2D eigenvalue weighted by Gasteiger charge is -2.29. The van der Waals surface area contributed by atoms with Crippen LogP contribution in [0.5, 0.6) is 5.75 Å². The number of aliphatic hydroxyl groups is 1. The van der Waals surface area contributed by atoms with Crippen LogP contribution in [0, 0.1) is 6.92 Å². The molecule has 0 unspecified atom stereocenters. The van der Waals surface area contributed by atoms with Gasteiger partial charge in [-0.1, -0.05) is 19.1 Å². The molecule has 0 aliphatic rings. The molecule has 0 radical (unpaired) electrons. The molecule has 0 bridgehead atoms. The summed E-state index contributed by atoms with van der Waals surface area (Å²) in [5.74, 6) is 0.288. The molecular weight excluding hydrogens is 282 g/mol. The normalized spacial score (nSPS) is 12.1. The molecule has 1 aromatic carbocycles. The zero-order valence-electron chi connectivity index (χ0n) is 12.8. The number of amides is 1. The maximum atomic E-state index is 12.8. The number of aliphatic hydroxyl groups excluding tert-OH is 1. The average molecular weight is 303 g/mol. The SMILES string of the molecule is CC[C@@H](CO)N(Cc1ccco1)C(=O)c1cccc(C)c1O. The van der Waals surface area contributed by atoms with Crippen molar-refractivity contribution in [3.63, 3.8) is 0 Å². The van der Waals surface area contributed by atoms with E-state index >= 15 is 0 Å². The lowest BCUT2D eigenvalue weighted by Crippen LogP contribution is -2.41. The molecule has 0 saturated carbocycles. The number of furan rings is 1. The number of aryl methyl sites for hydroxylation is 1. The van der Waals surface area contributed by atoms with E-state index in [1.807, 2.05) is 6.92 Å². The van der Waals surface area contributed by atoms with Gasteiger partial charge in [0.15, 0.2) is 0 Å². The Hall–Kier alpha value is -2.27. The third-order valence-corrected chi connectivity index (χ3v) is 3.76. The number of nitrogens with zero attached hydrogens (tertiary/aromatic N) is 1. The number of carbonyl (C=O) groups excluding carboxylic acids is 1. The second-order valence-corrected chi connectivity index (χ2v) is 5.23. The Labute approximate surface area is 129 Å². The van der Waals surface area contributed by atoms with Crippen molar-refractivity contribution in [1.82, 2.24) is 4.90 Å². The van der Waals surface area contributed by atoms with Gasteiger partial charge in [-0.25, -0.2) is 0 Å². The summed E-state index contributed by atoms with van der Waals surface area (Å²) in [7, 11) is 0. The molecule has 0 aliphatic heterocycles. The van der Waals surface area contributed by atoms with E-state index in [-0.39, 0.29) is 36.4 Å². The Bertz CT molecular complexity index is 618. The summed E-state index contributed by atoms with van der Waals surface area (Å²) < 4.78 is 5.31. The molecule has 118 valence electrons. The predicted octanol–water partition coefficient (Wildman–Crippen LogP) is 2.71. The van der Waals surface area contributed by atoms with Gasteiger partial charge in [0.2, 0.25) is 0 Å². The van der Waals surface area contributed by atoms with Crippen molar-refractivity contribution >= 4 is 5.91 Å². The van der Waals surface area contributed by atoms with Crippen LogP contribution < -0.4 is 0 Å². The van der Waals surface area contributed by atoms with Crippen LogP contribution >= 0.6 is 0 Å². The van der Waals surface area contributed by atoms with Gasteiger partial charge in [-0.05, 0) is 37.1 Å². The van der Waals surface area contributed by atoms with Gasteiger partial charge in [0.25, 0.3) is 5.91 Å². The summed E-state index contributed by atoms with van der Waals surface area (Å²) in [4.78, 5) is 14.4. The van der Waals surface area contributed by atoms with E-state index in [1.54, 1.807) is 43.5 Å². The number of para-hydroxylation sites is 1. The molecule has 2 N–H and O–H groups in total. The Morgan fingerprint density at radius 1 is 1.32 bits per heavy atom. The first-order chi connectivity index (χ1) is 10.6. The second-order valence-electron chi connectivity index (χ2n) is 5.23. The highest BCUT2D eigenvalue weighted by molar-refractivity contribution is 5.97. The van der Waals surface area contributed by atoms with E-state index in [4.69, 9.17) is 4.42 Å². The highest BCUT2D eigenvalue weighted by Crippen LogP contribution is 2.25. The van der Waals surface area contributed by atoms with Gasteiger partial charge in [0.1, 0.15) is 11.5 Å². The molecule has 0 spiro atoms. The van der Waals surface area contributed by atoms with Gasteiger partial charge < -0.3 is 19.5 Å². The van der Waals surface area contributed by atoms with Crippen molar-refractivity contribution in [1.29, 1.82) is 0 Å². The minimum atomic E-state index is -0.336. The summed E-state index contributed by atoms with van der Waals surface area (Å²) in [6.07, 6.45) is 2.15. The summed E-state index contributed by atoms with van der Waals surface area (Å²) in [6, 6.07) is 8.25. The van der Waals surface area contributed by atoms with Crippen LogP contribution in [0.2, 0.25) is 0 Å². The number of carbonyl (C=O) groups is 1. The number of hydrogen-bond acceptors (Lipinski definition) is 4. The Morgan fingerprint density at radius 3 is 2.68 bits per heavy atom. The molecule has 1 amide bonds. The summed E-state index contributed by atoms with van der Waals surface area (Å²) >= 11 is 0. The van der Waals surface area contributed by atoms with E-state index in [0.717, 1.165) is 0 Å². The maximum Gasteiger partial charge on any atom is 0.258 e. The van der Waals surface area contributed by atoms with Crippen LogP contribution in [-0.4, -0.2) is 33.7 Å². The molecule has 2 rings (SSSR count). The highest BCUT2D eigenvalue weighted by atomic mass is 16.3. The third-order valence-electron chi connectivity index (χ3n) is 3.76. The van der Waals surface area contributed by atoms with Crippen LogP contribution in [0.4, 0.5) is 0 Å². The molecule has 1 heterocycles. The highest BCUT2D eigenvalue weighted by Gasteiger charge is 2.26. The quantitative estimate of drug-likeness (QED) is 0.860. The Balaban J connectivity index is 2.34. The Kier molecular flexibility index (Phi) is 5.22. The van der Waals surface area contributed by atoms with Gasteiger partial charge in [-0.2, -0.15) is 0 Å². The van der Waals surface area contributed by atoms with Crippen LogP contribution in [0.25, 0.3) is 0 Å². The number of phenols is 1. The van der Waals surface area contributed by atoms with Crippen molar-refractivity contribution in [3.05, 3.63) is 53.5 Å². The van der Waals surface area contributed by atoms with Crippen LogP contribution in [-0.2, 0) is 6.54 Å². The molecule has 1 atom stereocenters. The number of aromatic hydroxyl groups is 1. The number of rotatable bonds is 6. The lowest BCUT2D eigenvalue weighted by atomic mass is 10.1. The summed E-state index contributed by atoms with van der Waals surface area (Å²) in [6.45, 7) is 3.75. The molecule has 5 nitrogen and oxygen atoms in total. The number of phenolic OH excluding ortho intramolecular Hbond substituents is 1. The fourth-order valence-electron chi connectivity index (χ4n) is 2.37. The van der Waals surface area contributed by atoms with Crippen molar-refractivity contribution in [3.8, 4) is 5.75 Å². The smallest absolute Gasteiger partial charge is 0.258 e. The topological polar surface area (TPSA) is 73.9 Å². The largest absolute Gasteiger partial charge is 0.507 e. The van der Waals surface area contributed by atoms with Crippen LogP contribution in [0.3, 0.4) is 0 Å². The summed E-state index contributed by atoms with van der Waals surface area (Å²) in [5, 5.41) is 19.7. The van der Waals surface area contributed by atoms with E-state index in [9.17, 15) is 15.0 Å². The number of hydrogen-bond donors (Lipinski definition) is 2. The van der Waals surface area contributed by atoms with Gasteiger partial charge in [0, 0.05) is 0 Å². The third kappa shape index (κ3) is 3.31. The molecule has 0 aliphatic carbocycles. The maximum absolute atomic E-state index is 12.8. The minimum absolute atomic E-state index is 0.0234. The van der Waals surface area contributed by atoms with Gasteiger partial charge >= 0.3 is 0 Å². The first-order valence-electron chi connectivity index (χ1n) is 7.31. The molecule has 22 heavy (non-hydrogen) atoms. The van der Waals surface area contributed by atoms with Crippen LogP contribution in [0.1, 0.15) is 35.0 Å². The first-order valence-corrected chi connectivity index (χ1v) is 7.31. The van der Waals surface area contributed by atoms with E-state index in [2.05, 4.69) is 0 Å². The number of benzene rings is 1. The van der Waals surface area contributed by atoms with Crippen molar-refractivity contribution < 1.29 is 19.4 Å². The van der Waals surface area contributed by atoms with Gasteiger partial charge in [-0.3, -0.25) is 4.79 Å². The predicted molar refractivity (Wildman–Crippen MR) is 82.6 cm³/mol.